The summed E-state index contributed by atoms with van der Waals surface area (Å²) in [6.45, 7) is 4.03. The number of rotatable bonds is 3. The molecule has 0 amide bonds. The number of nitro groups is 1. The number of hydrogen-bond donors (Lipinski definition) is 1. The maximum atomic E-state index is 11.1. The number of ether oxygens (including phenoxy) is 1. The maximum absolute atomic E-state index is 11.1. The molecule has 1 aliphatic rings. The molecule has 1 aliphatic carbocycles. The fraction of sp³-hybridized carbons (Fsp3) is 0.500. The van der Waals surface area contributed by atoms with Crippen molar-refractivity contribution >= 4 is 5.69 Å². The van der Waals surface area contributed by atoms with E-state index in [1.54, 1.807) is 12.1 Å². The molecule has 5 nitrogen and oxygen atoms in total. The summed E-state index contributed by atoms with van der Waals surface area (Å²) >= 11 is 0. The van der Waals surface area contributed by atoms with Gasteiger partial charge in [0.15, 0.2) is 0 Å². The molecule has 0 aliphatic heterocycles. The minimum Gasteiger partial charge on any atom is -0.497 e. The van der Waals surface area contributed by atoms with Gasteiger partial charge in [0.2, 0.25) is 0 Å². The minimum absolute atomic E-state index is 0.0393. The summed E-state index contributed by atoms with van der Waals surface area (Å²) in [7, 11) is 1.48. The predicted molar refractivity (Wildman–Crippen MR) is 63.9 cm³/mol. The normalized spacial score (nSPS) is 25.4. The zero-order valence-corrected chi connectivity index (χ0v) is 10.2. The van der Waals surface area contributed by atoms with Crippen LogP contribution in [0.25, 0.3) is 0 Å². The fourth-order valence-corrected chi connectivity index (χ4v) is 2.28. The van der Waals surface area contributed by atoms with Crippen molar-refractivity contribution in [2.45, 2.75) is 25.8 Å². The molecule has 0 spiro atoms. The Kier molecular flexibility index (Phi) is 2.39. The Morgan fingerprint density at radius 2 is 2.06 bits per heavy atom. The summed E-state index contributed by atoms with van der Waals surface area (Å²) < 4.78 is 5.00. The van der Waals surface area contributed by atoms with E-state index in [1.165, 1.54) is 13.2 Å². The molecule has 5 heteroatoms. The molecular weight excluding hydrogens is 220 g/mol. The van der Waals surface area contributed by atoms with Gasteiger partial charge in [-0.15, -0.1) is 0 Å². The second-order valence-corrected chi connectivity index (χ2v) is 5.17. The van der Waals surface area contributed by atoms with Crippen LogP contribution in [-0.2, 0) is 5.54 Å². The van der Waals surface area contributed by atoms with E-state index >= 15 is 0 Å². The second kappa shape index (κ2) is 3.43. The summed E-state index contributed by atoms with van der Waals surface area (Å²) in [5.74, 6) is 0.475. The quantitative estimate of drug-likeness (QED) is 0.644. The molecule has 17 heavy (non-hydrogen) atoms. The van der Waals surface area contributed by atoms with E-state index in [4.69, 9.17) is 10.5 Å². The lowest BCUT2D eigenvalue weighted by Gasteiger charge is -2.16. The van der Waals surface area contributed by atoms with Crippen molar-refractivity contribution in [1.82, 2.24) is 0 Å². The van der Waals surface area contributed by atoms with Crippen LogP contribution in [0.4, 0.5) is 5.69 Å². The van der Waals surface area contributed by atoms with Crippen LogP contribution >= 0.6 is 0 Å². The van der Waals surface area contributed by atoms with Gasteiger partial charge in [0, 0.05) is 0 Å². The lowest BCUT2D eigenvalue weighted by Crippen LogP contribution is -2.26. The van der Waals surface area contributed by atoms with Gasteiger partial charge in [-0.05, 0) is 24.0 Å². The van der Waals surface area contributed by atoms with Crippen molar-refractivity contribution in [2.24, 2.45) is 11.1 Å². The molecule has 0 heterocycles. The van der Waals surface area contributed by atoms with E-state index in [1.807, 2.05) is 13.8 Å². The number of hydrogen-bond acceptors (Lipinski definition) is 4. The van der Waals surface area contributed by atoms with Crippen LogP contribution in [0.3, 0.4) is 0 Å². The van der Waals surface area contributed by atoms with Gasteiger partial charge < -0.3 is 10.5 Å². The molecule has 0 saturated heterocycles. The third kappa shape index (κ3) is 1.67. The first-order valence-electron chi connectivity index (χ1n) is 5.43. The fourth-order valence-electron chi connectivity index (χ4n) is 2.28. The van der Waals surface area contributed by atoms with Gasteiger partial charge in [-0.25, -0.2) is 0 Å². The molecule has 1 fully saturated rings. The Hall–Kier alpha value is -1.62. The molecule has 2 rings (SSSR count). The van der Waals surface area contributed by atoms with Crippen LogP contribution in [0.15, 0.2) is 18.2 Å². The lowest BCUT2D eigenvalue weighted by atomic mass is 9.95. The molecule has 0 radical (unpaired) electrons. The van der Waals surface area contributed by atoms with Crippen molar-refractivity contribution in [3.63, 3.8) is 0 Å². The number of nitro benzene ring substituents is 1. The standard InChI is InChI=1S/C12H16N2O3/c1-11(2)7-12(11,13)9-5-4-8(17-3)6-10(9)14(15)16/h4-6H,7,13H2,1-3H3. The average Bonchev–Trinajstić information content (AvgIpc) is 2.78. The van der Waals surface area contributed by atoms with Gasteiger partial charge in [-0.3, -0.25) is 10.1 Å². The van der Waals surface area contributed by atoms with Crippen molar-refractivity contribution in [3.05, 3.63) is 33.9 Å². The van der Waals surface area contributed by atoms with Crippen LogP contribution in [-0.4, -0.2) is 12.0 Å². The summed E-state index contributed by atoms with van der Waals surface area (Å²) in [5.41, 5.74) is 6.17. The highest BCUT2D eigenvalue weighted by Gasteiger charge is 2.61. The highest BCUT2D eigenvalue weighted by atomic mass is 16.6. The number of nitrogens with two attached hydrogens (primary N) is 1. The highest BCUT2D eigenvalue weighted by molar-refractivity contribution is 5.53. The monoisotopic (exact) mass is 236 g/mol. The zero-order chi connectivity index (χ0) is 12.8. The van der Waals surface area contributed by atoms with Gasteiger partial charge in [0.25, 0.3) is 5.69 Å². The maximum Gasteiger partial charge on any atom is 0.278 e. The molecule has 0 bridgehead atoms. The molecule has 2 N–H and O–H groups in total. The molecule has 1 saturated carbocycles. The van der Waals surface area contributed by atoms with E-state index in [0.29, 0.717) is 11.3 Å². The Labute approximate surface area is 99.7 Å². The molecule has 0 aromatic heterocycles. The molecule has 92 valence electrons. The highest BCUT2D eigenvalue weighted by Crippen LogP contribution is 2.62. The van der Waals surface area contributed by atoms with Crippen LogP contribution in [0, 0.1) is 15.5 Å². The van der Waals surface area contributed by atoms with Crippen LogP contribution in [0.5, 0.6) is 5.75 Å². The number of methoxy groups -OCH3 is 1. The Bertz CT molecular complexity index is 485. The van der Waals surface area contributed by atoms with Gasteiger partial charge in [-0.1, -0.05) is 13.8 Å². The van der Waals surface area contributed by atoms with E-state index in [2.05, 4.69) is 0 Å². The summed E-state index contributed by atoms with van der Waals surface area (Å²) in [4.78, 5) is 10.7. The number of nitrogens with zero attached hydrogens (tertiary/aromatic N) is 1. The average molecular weight is 236 g/mol. The van der Waals surface area contributed by atoms with Gasteiger partial charge in [0.1, 0.15) is 5.75 Å². The van der Waals surface area contributed by atoms with Gasteiger partial charge in [-0.2, -0.15) is 0 Å². The first-order valence-corrected chi connectivity index (χ1v) is 5.43. The van der Waals surface area contributed by atoms with Crippen LogP contribution < -0.4 is 10.5 Å². The number of benzene rings is 1. The summed E-state index contributed by atoms with van der Waals surface area (Å²) in [5, 5.41) is 11.1. The molecule has 1 aromatic rings. The van der Waals surface area contributed by atoms with E-state index in [9.17, 15) is 10.1 Å². The SMILES string of the molecule is COc1ccc(C2(N)CC2(C)C)c([N+](=O)[O-])c1. The van der Waals surface area contributed by atoms with E-state index < -0.39 is 10.5 Å². The van der Waals surface area contributed by atoms with E-state index in [0.717, 1.165) is 6.42 Å². The minimum atomic E-state index is -0.596. The predicted octanol–water partition coefficient (Wildman–Crippen LogP) is 2.19. The largest absolute Gasteiger partial charge is 0.497 e. The molecule has 1 atom stereocenters. The van der Waals surface area contributed by atoms with Crippen molar-refractivity contribution in [1.29, 1.82) is 0 Å². The van der Waals surface area contributed by atoms with Crippen molar-refractivity contribution in [3.8, 4) is 5.75 Å². The van der Waals surface area contributed by atoms with Crippen molar-refractivity contribution in [2.75, 3.05) is 7.11 Å². The van der Waals surface area contributed by atoms with Gasteiger partial charge >= 0.3 is 0 Å². The first kappa shape index (κ1) is 11.9. The first-order chi connectivity index (χ1) is 7.82. The Morgan fingerprint density at radius 3 is 2.47 bits per heavy atom. The topological polar surface area (TPSA) is 78.4 Å². The zero-order valence-electron chi connectivity index (χ0n) is 10.2. The second-order valence-electron chi connectivity index (χ2n) is 5.17. The molecule has 1 aromatic carbocycles. The molecule has 1 unspecified atom stereocenters. The third-order valence-corrected chi connectivity index (χ3v) is 3.69. The van der Waals surface area contributed by atoms with Gasteiger partial charge in [0.05, 0.1) is 29.2 Å². The van der Waals surface area contributed by atoms with Crippen LogP contribution in [0.1, 0.15) is 25.8 Å². The lowest BCUT2D eigenvalue weighted by molar-refractivity contribution is -0.386. The Morgan fingerprint density at radius 1 is 1.47 bits per heavy atom. The molecular formula is C12H16N2O3. The van der Waals surface area contributed by atoms with Crippen LogP contribution in [0.2, 0.25) is 0 Å². The smallest absolute Gasteiger partial charge is 0.278 e. The van der Waals surface area contributed by atoms with E-state index in [-0.39, 0.29) is 11.1 Å². The Balaban J connectivity index is 2.52. The van der Waals surface area contributed by atoms with Crippen molar-refractivity contribution < 1.29 is 9.66 Å². The summed E-state index contributed by atoms with van der Waals surface area (Å²) in [6.07, 6.45) is 0.757. The third-order valence-electron chi connectivity index (χ3n) is 3.69. The summed E-state index contributed by atoms with van der Waals surface area (Å²) in [6, 6.07) is 4.84.